The maximum Gasteiger partial charge on any atom is 0.317 e. The number of hydrogen-bond donors (Lipinski definition) is 1. The van der Waals surface area contributed by atoms with Crippen LogP contribution in [-0.2, 0) is 6.54 Å². The number of amides is 2. The molecule has 0 unspecified atom stereocenters. The molecule has 1 saturated heterocycles. The Kier molecular flexibility index (Phi) is 5.14. The quantitative estimate of drug-likeness (QED) is 0.850. The summed E-state index contributed by atoms with van der Waals surface area (Å²) in [5.74, 6) is 0. The van der Waals surface area contributed by atoms with Gasteiger partial charge in [-0.2, -0.15) is 5.10 Å². The standard InChI is InChI=1S/C17H26N4O/c22-17(18-11-9-15-6-2-1-3-7-15)21-13-4-8-16(21)14-20-12-5-10-19-20/h5-6,10,12,16H,1-4,7-9,11,13-14H2,(H,18,22)/t16-/m0/s1. The molecule has 1 N–H and O–H groups in total. The molecule has 1 fully saturated rings. The zero-order valence-electron chi connectivity index (χ0n) is 13.2. The highest BCUT2D eigenvalue weighted by Gasteiger charge is 2.28. The number of carbonyl (C=O) groups is 1. The van der Waals surface area contributed by atoms with Crippen LogP contribution in [0, 0.1) is 0 Å². The summed E-state index contributed by atoms with van der Waals surface area (Å²) in [6.45, 7) is 2.42. The van der Waals surface area contributed by atoms with Gasteiger partial charge in [0.05, 0.1) is 12.6 Å². The van der Waals surface area contributed by atoms with Gasteiger partial charge >= 0.3 is 6.03 Å². The average molecular weight is 302 g/mol. The van der Waals surface area contributed by atoms with Gasteiger partial charge in [-0.25, -0.2) is 4.79 Å². The molecule has 0 bridgehead atoms. The normalized spacial score (nSPS) is 21.7. The first-order valence-electron chi connectivity index (χ1n) is 8.53. The van der Waals surface area contributed by atoms with Crippen LogP contribution in [0.3, 0.4) is 0 Å². The molecule has 5 nitrogen and oxygen atoms in total. The zero-order chi connectivity index (χ0) is 15.2. The largest absolute Gasteiger partial charge is 0.338 e. The minimum Gasteiger partial charge on any atom is -0.338 e. The Hall–Kier alpha value is -1.78. The lowest BCUT2D eigenvalue weighted by molar-refractivity contribution is 0.186. The van der Waals surface area contributed by atoms with Crippen molar-refractivity contribution >= 4 is 6.03 Å². The fourth-order valence-electron chi connectivity index (χ4n) is 3.48. The lowest BCUT2D eigenvalue weighted by Gasteiger charge is -2.25. The van der Waals surface area contributed by atoms with Crippen molar-refractivity contribution in [1.29, 1.82) is 0 Å². The molecule has 22 heavy (non-hydrogen) atoms. The molecule has 120 valence electrons. The van der Waals surface area contributed by atoms with Crippen LogP contribution in [0.1, 0.15) is 44.9 Å². The first kappa shape index (κ1) is 15.1. The summed E-state index contributed by atoms with van der Waals surface area (Å²) >= 11 is 0. The molecule has 2 heterocycles. The van der Waals surface area contributed by atoms with Crippen LogP contribution >= 0.6 is 0 Å². The van der Waals surface area contributed by atoms with E-state index in [1.165, 1.54) is 31.3 Å². The van der Waals surface area contributed by atoms with Gasteiger partial charge < -0.3 is 10.2 Å². The molecule has 0 spiro atoms. The molecule has 2 amide bonds. The summed E-state index contributed by atoms with van der Waals surface area (Å²) in [7, 11) is 0. The number of nitrogens with zero attached hydrogens (tertiary/aromatic N) is 3. The number of nitrogens with one attached hydrogen (secondary N) is 1. The number of urea groups is 1. The number of likely N-dealkylation sites (tertiary alicyclic amines) is 1. The van der Waals surface area contributed by atoms with E-state index in [-0.39, 0.29) is 12.1 Å². The lowest BCUT2D eigenvalue weighted by Crippen LogP contribution is -2.44. The summed E-state index contributed by atoms with van der Waals surface area (Å²) in [5, 5.41) is 7.35. The molecule has 1 aliphatic heterocycles. The minimum absolute atomic E-state index is 0.0889. The summed E-state index contributed by atoms with van der Waals surface area (Å²) in [6, 6.07) is 2.29. The van der Waals surface area contributed by atoms with E-state index in [9.17, 15) is 4.79 Å². The van der Waals surface area contributed by atoms with Crippen molar-refractivity contribution in [2.24, 2.45) is 0 Å². The zero-order valence-corrected chi connectivity index (χ0v) is 13.2. The van der Waals surface area contributed by atoms with E-state index in [0.29, 0.717) is 0 Å². The molecular weight excluding hydrogens is 276 g/mol. The van der Waals surface area contributed by atoms with Crippen LogP contribution in [0.5, 0.6) is 0 Å². The Morgan fingerprint density at radius 1 is 1.36 bits per heavy atom. The summed E-state index contributed by atoms with van der Waals surface area (Å²) in [5.41, 5.74) is 1.51. The van der Waals surface area contributed by atoms with E-state index < -0.39 is 0 Å². The SMILES string of the molecule is O=C(NCCC1=CCCCC1)N1CCC[C@H]1Cn1cccn1. The number of aromatic nitrogens is 2. The molecule has 1 aliphatic carbocycles. The highest BCUT2D eigenvalue weighted by atomic mass is 16.2. The van der Waals surface area contributed by atoms with Crippen LogP contribution in [0.25, 0.3) is 0 Å². The Balaban J connectivity index is 1.45. The second kappa shape index (κ2) is 7.47. The summed E-state index contributed by atoms with van der Waals surface area (Å²) in [4.78, 5) is 14.4. The molecule has 5 heteroatoms. The van der Waals surface area contributed by atoms with Gasteiger partial charge in [-0.1, -0.05) is 11.6 Å². The maximum absolute atomic E-state index is 12.4. The van der Waals surface area contributed by atoms with E-state index in [1.807, 2.05) is 21.8 Å². The Morgan fingerprint density at radius 3 is 3.09 bits per heavy atom. The van der Waals surface area contributed by atoms with Gasteiger partial charge in [0.2, 0.25) is 0 Å². The number of hydrogen-bond acceptors (Lipinski definition) is 2. The smallest absolute Gasteiger partial charge is 0.317 e. The summed E-state index contributed by atoms with van der Waals surface area (Å²) in [6.07, 6.45) is 14.3. The van der Waals surface area contributed by atoms with Gasteiger partial charge in [0.25, 0.3) is 0 Å². The third-order valence-corrected chi connectivity index (χ3v) is 4.70. The van der Waals surface area contributed by atoms with Gasteiger partial charge in [-0.05, 0) is 51.0 Å². The van der Waals surface area contributed by atoms with Gasteiger partial charge in [-0.15, -0.1) is 0 Å². The number of allylic oxidation sites excluding steroid dienone is 1. The molecule has 3 rings (SSSR count). The molecule has 0 aromatic carbocycles. The topological polar surface area (TPSA) is 50.2 Å². The van der Waals surface area contributed by atoms with Crippen molar-refractivity contribution in [3.63, 3.8) is 0 Å². The highest BCUT2D eigenvalue weighted by Crippen LogP contribution is 2.20. The number of rotatable bonds is 5. The van der Waals surface area contributed by atoms with Gasteiger partial charge in [0, 0.05) is 25.5 Å². The van der Waals surface area contributed by atoms with Crippen molar-refractivity contribution in [1.82, 2.24) is 20.0 Å². The van der Waals surface area contributed by atoms with Crippen LogP contribution < -0.4 is 5.32 Å². The molecule has 0 radical (unpaired) electrons. The molecule has 0 saturated carbocycles. The Labute approximate surface area is 132 Å². The summed E-state index contributed by atoms with van der Waals surface area (Å²) < 4.78 is 1.92. The van der Waals surface area contributed by atoms with Gasteiger partial charge in [-0.3, -0.25) is 4.68 Å². The maximum atomic E-state index is 12.4. The first-order chi connectivity index (χ1) is 10.8. The third kappa shape index (κ3) is 3.90. The van der Waals surface area contributed by atoms with Crippen LogP contribution in [0.15, 0.2) is 30.1 Å². The van der Waals surface area contributed by atoms with E-state index >= 15 is 0 Å². The minimum atomic E-state index is 0.0889. The highest BCUT2D eigenvalue weighted by molar-refractivity contribution is 5.74. The Bertz CT molecular complexity index is 509. The van der Waals surface area contributed by atoms with Crippen LogP contribution in [-0.4, -0.2) is 39.8 Å². The second-order valence-corrected chi connectivity index (χ2v) is 6.31. The van der Waals surface area contributed by atoms with Crippen LogP contribution in [0.4, 0.5) is 4.79 Å². The fraction of sp³-hybridized carbons (Fsp3) is 0.647. The van der Waals surface area contributed by atoms with E-state index in [1.54, 1.807) is 6.20 Å². The third-order valence-electron chi connectivity index (χ3n) is 4.70. The van der Waals surface area contributed by atoms with E-state index in [2.05, 4.69) is 16.5 Å². The van der Waals surface area contributed by atoms with Crippen molar-refractivity contribution in [3.8, 4) is 0 Å². The van der Waals surface area contributed by atoms with E-state index in [0.717, 1.165) is 38.9 Å². The molecule has 1 aromatic rings. The predicted octanol–water partition coefficient (Wildman–Crippen LogP) is 2.95. The van der Waals surface area contributed by atoms with Gasteiger partial charge in [0.15, 0.2) is 0 Å². The average Bonchev–Trinajstić information content (AvgIpc) is 3.20. The van der Waals surface area contributed by atoms with Crippen molar-refractivity contribution < 1.29 is 4.79 Å². The monoisotopic (exact) mass is 302 g/mol. The predicted molar refractivity (Wildman–Crippen MR) is 86.5 cm³/mol. The molecule has 1 atom stereocenters. The first-order valence-corrected chi connectivity index (χ1v) is 8.53. The lowest BCUT2D eigenvalue weighted by atomic mass is 9.97. The van der Waals surface area contributed by atoms with Crippen molar-refractivity contribution in [3.05, 3.63) is 30.1 Å². The molecule has 1 aromatic heterocycles. The number of carbonyl (C=O) groups excluding carboxylic acids is 1. The molecular formula is C17H26N4O. The Morgan fingerprint density at radius 2 is 2.32 bits per heavy atom. The molecule has 2 aliphatic rings. The fourth-order valence-corrected chi connectivity index (χ4v) is 3.48. The van der Waals surface area contributed by atoms with Crippen molar-refractivity contribution in [2.45, 2.75) is 57.5 Å². The van der Waals surface area contributed by atoms with Crippen molar-refractivity contribution in [2.75, 3.05) is 13.1 Å². The second-order valence-electron chi connectivity index (χ2n) is 6.31. The van der Waals surface area contributed by atoms with Crippen LogP contribution in [0.2, 0.25) is 0 Å². The van der Waals surface area contributed by atoms with Gasteiger partial charge in [0.1, 0.15) is 0 Å². The van der Waals surface area contributed by atoms with E-state index in [4.69, 9.17) is 0 Å².